The molecule has 0 bridgehead atoms. The number of nitrogens with zero attached hydrogens (tertiary/aromatic N) is 2. The van der Waals surface area contributed by atoms with Crippen molar-refractivity contribution in [3.05, 3.63) is 162 Å². The van der Waals surface area contributed by atoms with Gasteiger partial charge in [-0.15, -0.1) is 11.3 Å². The second kappa shape index (κ2) is 20.5. The van der Waals surface area contributed by atoms with Crippen molar-refractivity contribution in [3.8, 4) is 5.75 Å². The zero-order valence-electron chi connectivity index (χ0n) is 38.0. The van der Waals surface area contributed by atoms with Gasteiger partial charge in [0, 0.05) is 97.0 Å². The van der Waals surface area contributed by atoms with E-state index in [0.717, 1.165) is 121 Å². The summed E-state index contributed by atoms with van der Waals surface area (Å²) in [7, 11) is 0. The Morgan fingerprint density at radius 3 is 2.42 bits per heavy atom. The SMILES string of the molecule is CC1(C)C(/C=C/C2=C(Cl)C(=C/C=C3\N(CCCCCCOc4cccc5c4C/C(=C\c4cc(Br)cs4)C5=O)c4ccccc4C3(C)C)/CCC2)=[N+](CCCCCCO)c2ccccc21. The largest absolute Gasteiger partial charge is 0.493 e. The molecule has 64 heavy (non-hydrogen) atoms. The zero-order chi connectivity index (χ0) is 44.8. The molecule has 0 spiro atoms. The highest BCUT2D eigenvalue weighted by Gasteiger charge is 2.44. The topological polar surface area (TPSA) is 52.8 Å². The minimum atomic E-state index is -0.136. The Kier molecular flexibility index (Phi) is 14.8. The van der Waals surface area contributed by atoms with Crippen molar-refractivity contribution in [3.63, 3.8) is 0 Å². The fourth-order valence-electron chi connectivity index (χ4n) is 10.2. The van der Waals surface area contributed by atoms with Gasteiger partial charge in [0.15, 0.2) is 11.5 Å². The molecule has 334 valence electrons. The summed E-state index contributed by atoms with van der Waals surface area (Å²) in [6, 6.07) is 25.7. The van der Waals surface area contributed by atoms with Crippen LogP contribution in [0.15, 0.2) is 134 Å². The molecule has 0 unspecified atom stereocenters. The molecule has 8 rings (SSSR count). The number of aliphatic hydroxyl groups is 1. The van der Waals surface area contributed by atoms with Gasteiger partial charge in [0.05, 0.1) is 12.0 Å². The summed E-state index contributed by atoms with van der Waals surface area (Å²) in [6.07, 6.45) is 23.3. The molecule has 2 aliphatic carbocycles. The van der Waals surface area contributed by atoms with Crippen LogP contribution in [0.2, 0.25) is 0 Å². The number of ether oxygens (including phenoxy) is 1. The summed E-state index contributed by atoms with van der Waals surface area (Å²) in [5.41, 5.74) is 12.8. The van der Waals surface area contributed by atoms with Crippen LogP contribution in [0.1, 0.15) is 130 Å². The molecule has 4 aromatic rings. The van der Waals surface area contributed by atoms with Crippen LogP contribution in [-0.4, -0.2) is 47.5 Å². The van der Waals surface area contributed by atoms with Crippen molar-refractivity contribution in [1.82, 2.24) is 0 Å². The number of thiophene rings is 1. The highest BCUT2D eigenvalue weighted by molar-refractivity contribution is 9.10. The number of para-hydroxylation sites is 2. The highest BCUT2D eigenvalue weighted by atomic mass is 79.9. The first-order valence-corrected chi connectivity index (χ1v) is 25.5. The molecule has 2 aliphatic heterocycles. The maximum Gasteiger partial charge on any atom is 0.209 e. The first-order valence-electron chi connectivity index (χ1n) is 23.4. The number of halogens is 2. The third-order valence-electron chi connectivity index (χ3n) is 13.7. The standard InChI is InChI=1S/C56H63BrClN2O3S/c1-55(2)46-22-9-11-24-48(46)59(31-13-5-7-15-33-61)51(55)29-27-39-19-17-20-40(53(39)58)28-30-52-56(3,4)47-23-10-12-25-49(47)60(52)32-14-6-8-16-34-63-50-26-18-21-44-45(50)36-41(54(44)62)35-43-37-42(57)38-64-43/h9-12,18,21-30,35,37-38,61H,5-8,13-17,19-20,31-34,36H2,1-4H3/q+1/b41-35+. The van der Waals surface area contributed by atoms with Gasteiger partial charge in [-0.05, 0) is 122 Å². The Hall–Kier alpha value is -4.27. The highest BCUT2D eigenvalue weighted by Crippen LogP contribution is 2.48. The fourth-order valence-corrected chi connectivity index (χ4v) is 11.9. The normalized spacial score (nSPS) is 19.5. The van der Waals surface area contributed by atoms with E-state index in [1.54, 1.807) is 11.3 Å². The Morgan fingerprint density at radius 2 is 1.61 bits per heavy atom. The third kappa shape index (κ3) is 9.79. The molecular formula is C56H63BrClN2O3S+. The van der Waals surface area contributed by atoms with Crippen molar-refractivity contribution in [2.75, 3.05) is 31.2 Å². The summed E-state index contributed by atoms with van der Waals surface area (Å²) in [5.74, 6) is 0.945. The molecular weight excluding hydrogens is 896 g/mol. The molecule has 4 aliphatic rings. The van der Waals surface area contributed by atoms with Crippen LogP contribution in [0, 0.1) is 0 Å². The molecule has 1 N–H and O–H groups in total. The molecule has 8 heteroatoms. The summed E-state index contributed by atoms with van der Waals surface area (Å²) >= 11 is 12.5. The van der Waals surface area contributed by atoms with E-state index in [0.29, 0.717) is 13.0 Å². The number of rotatable bonds is 18. The van der Waals surface area contributed by atoms with Crippen molar-refractivity contribution in [1.29, 1.82) is 0 Å². The second-order valence-corrected chi connectivity index (χ2v) is 21.0. The van der Waals surface area contributed by atoms with Gasteiger partial charge in [-0.2, -0.15) is 4.58 Å². The molecule has 5 nitrogen and oxygen atoms in total. The zero-order valence-corrected chi connectivity index (χ0v) is 41.2. The van der Waals surface area contributed by atoms with E-state index in [4.69, 9.17) is 16.3 Å². The van der Waals surface area contributed by atoms with Gasteiger partial charge < -0.3 is 14.7 Å². The maximum absolute atomic E-state index is 13.2. The number of ketones is 1. The van der Waals surface area contributed by atoms with E-state index in [-0.39, 0.29) is 23.2 Å². The minimum absolute atomic E-state index is 0.108. The van der Waals surface area contributed by atoms with Crippen molar-refractivity contribution >= 4 is 67.8 Å². The summed E-state index contributed by atoms with van der Waals surface area (Å²) in [5, 5.41) is 12.2. The smallest absolute Gasteiger partial charge is 0.209 e. The number of hydrogen-bond donors (Lipinski definition) is 1. The van der Waals surface area contributed by atoms with Crippen molar-refractivity contribution in [2.24, 2.45) is 0 Å². The number of fused-ring (bicyclic) bond motifs is 3. The van der Waals surface area contributed by atoms with Crippen molar-refractivity contribution < 1.29 is 19.2 Å². The number of allylic oxidation sites excluding steroid dienone is 9. The van der Waals surface area contributed by atoms with Crippen molar-refractivity contribution in [2.45, 2.75) is 116 Å². The van der Waals surface area contributed by atoms with Crippen LogP contribution in [-0.2, 0) is 17.3 Å². The Morgan fingerprint density at radius 1 is 0.844 bits per heavy atom. The Bertz CT molecular complexity index is 2570. The van der Waals surface area contributed by atoms with E-state index in [1.165, 1.54) is 45.1 Å². The first-order chi connectivity index (χ1) is 31.0. The van der Waals surface area contributed by atoms with Gasteiger partial charge in [0.2, 0.25) is 5.69 Å². The molecule has 0 saturated carbocycles. The molecule has 0 atom stereocenters. The number of benzene rings is 3. The molecule has 0 amide bonds. The number of carbonyl (C=O) groups is 1. The molecule has 0 radical (unpaired) electrons. The van der Waals surface area contributed by atoms with E-state index in [1.807, 2.05) is 29.7 Å². The third-order valence-corrected chi connectivity index (χ3v) is 15.8. The lowest BCUT2D eigenvalue weighted by molar-refractivity contribution is -0.438. The number of anilines is 1. The van der Waals surface area contributed by atoms with Crippen LogP contribution in [0.4, 0.5) is 11.4 Å². The summed E-state index contributed by atoms with van der Waals surface area (Å²) in [6.45, 7) is 12.2. The van der Waals surface area contributed by atoms with Crippen LogP contribution in [0.3, 0.4) is 0 Å². The summed E-state index contributed by atoms with van der Waals surface area (Å²) in [4.78, 5) is 16.8. The molecule has 0 saturated heterocycles. The van der Waals surface area contributed by atoms with Gasteiger partial charge in [0.25, 0.3) is 0 Å². The Labute approximate surface area is 398 Å². The predicted molar refractivity (Wildman–Crippen MR) is 272 cm³/mol. The van der Waals surface area contributed by atoms with E-state index in [2.05, 4.69) is 132 Å². The second-order valence-electron chi connectivity index (χ2n) is 18.8. The van der Waals surface area contributed by atoms with Crippen LogP contribution >= 0.6 is 38.9 Å². The van der Waals surface area contributed by atoms with E-state index >= 15 is 0 Å². The molecule has 3 aromatic carbocycles. The summed E-state index contributed by atoms with van der Waals surface area (Å²) < 4.78 is 9.89. The van der Waals surface area contributed by atoms with Gasteiger partial charge in [-0.1, -0.05) is 105 Å². The minimum Gasteiger partial charge on any atom is -0.493 e. The average molecular weight is 960 g/mol. The van der Waals surface area contributed by atoms with Crippen LogP contribution in [0.25, 0.3) is 6.08 Å². The van der Waals surface area contributed by atoms with Gasteiger partial charge >= 0.3 is 0 Å². The number of aliphatic hydroxyl groups excluding tert-OH is 1. The van der Waals surface area contributed by atoms with Gasteiger partial charge in [0.1, 0.15) is 12.3 Å². The maximum atomic E-state index is 13.2. The van der Waals surface area contributed by atoms with Crippen LogP contribution in [0.5, 0.6) is 5.75 Å². The van der Waals surface area contributed by atoms with Gasteiger partial charge in [-0.3, -0.25) is 4.79 Å². The Balaban J connectivity index is 0.920. The lowest BCUT2D eigenvalue weighted by Gasteiger charge is -2.27. The molecule has 1 aromatic heterocycles. The molecule has 3 heterocycles. The number of unbranched alkanes of at least 4 members (excludes halogenated alkanes) is 6. The monoisotopic (exact) mass is 957 g/mol. The van der Waals surface area contributed by atoms with Gasteiger partial charge in [-0.25, -0.2) is 0 Å². The van der Waals surface area contributed by atoms with Crippen LogP contribution < -0.4 is 9.64 Å². The lowest BCUT2D eigenvalue weighted by Crippen LogP contribution is -2.28. The quantitative estimate of drug-likeness (QED) is 0.0613. The first kappa shape index (κ1) is 46.3. The molecule has 0 fully saturated rings. The average Bonchev–Trinajstić information content (AvgIpc) is 3.97. The van der Waals surface area contributed by atoms with E-state index < -0.39 is 0 Å². The number of hydrogen-bond acceptors (Lipinski definition) is 5. The number of Topliss-reactive ketones (excluding diaryl/α,β-unsaturated/α-hetero) is 1. The fraction of sp³-hybridized carbons (Fsp3) is 0.393. The number of carbonyl (C=O) groups excluding carboxylic acids is 1. The predicted octanol–water partition coefficient (Wildman–Crippen LogP) is 14.7. The lowest BCUT2D eigenvalue weighted by atomic mass is 9.81. The van der Waals surface area contributed by atoms with E-state index in [9.17, 15) is 9.90 Å².